The first-order chi connectivity index (χ1) is 8.13. The summed E-state index contributed by atoms with van der Waals surface area (Å²) in [6.07, 6.45) is 4.23. The van der Waals surface area contributed by atoms with E-state index in [2.05, 4.69) is 10.3 Å². The number of nitrogens with zero attached hydrogens (tertiary/aromatic N) is 1. The first-order valence-corrected chi connectivity index (χ1v) is 5.57. The highest BCUT2D eigenvalue weighted by atomic mass is 35.5. The van der Waals surface area contributed by atoms with E-state index in [4.69, 9.17) is 10.5 Å². The second kappa shape index (κ2) is 11.0. The van der Waals surface area contributed by atoms with Crippen LogP contribution in [0.1, 0.15) is 12.5 Å². The zero-order valence-electron chi connectivity index (χ0n) is 11.0. The molecule has 7 heteroatoms. The molecule has 0 aliphatic rings. The molecule has 2 unspecified atom stereocenters. The topological polar surface area (TPSA) is 77.2 Å². The van der Waals surface area contributed by atoms with Crippen LogP contribution >= 0.6 is 24.8 Å². The third kappa shape index (κ3) is 8.00. The predicted molar refractivity (Wildman–Crippen MR) is 79.9 cm³/mol. The smallest absolute Gasteiger partial charge is 0.239 e. The molecule has 5 nitrogen and oxygen atoms in total. The largest absolute Gasteiger partial charge is 0.383 e. The van der Waals surface area contributed by atoms with Crippen LogP contribution in [0.15, 0.2) is 24.5 Å². The van der Waals surface area contributed by atoms with Crippen LogP contribution in [0, 0.1) is 0 Å². The van der Waals surface area contributed by atoms with Crippen LogP contribution in [0.4, 0.5) is 0 Å². The highest BCUT2D eigenvalue weighted by molar-refractivity contribution is 5.85. The van der Waals surface area contributed by atoms with Crippen LogP contribution in [-0.2, 0) is 16.0 Å². The number of methoxy groups -OCH3 is 1. The minimum Gasteiger partial charge on any atom is -0.383 e. The van der Waals surface area contributed by atoms with Crippen molar-refractivity contribution in [1.29, 1.82) is 0 Å². The molecule has 3 N–H and O–H groups in total. The molecule has 2 atom stereocenters. The third-order valence-corrected chi connectivity index (χ3v) is 2.36. The normalized spacial score (nSPS) is 12.6. The maximum absolute atomic E-state index is 11.6. The van der Waals surface area contributed by atoms with Gasteiger partial charge in [-0.1, -0.05) is 0 Å². The Morgan fingerprint density at radius 2 is 2.00 bits per heavy atom. The zero-order chi connectivity index (χ0) is 12.7. The first-order valence-electron chi connectivity index (χ1n) is 5.57. The summed E-state index contributed by atoms with van der Waals surface area (Å²) in [4.78, 5) is 15.5. The maximum Gasteiger partial charge on any atom is 0.239 e. The van der Waals surface area contributed by atoms with Gasteiger partial charge in [0.2, 0.25) is 5.91 Å². The Hall–Kier alpha value is -0.880. The number of amides is 1. The summed E-state index contributed by atoms with van der Waals surface area (Å²) in [5.41, 5.74) is 6.75. The van der Waals surface area contributed by atoms with Gasteiger partial charge < -0.3 is 15.8 Å². The van der Waals surface area contributed by atoms with Crippen LogP contribution < -0.4 is 11.1 Å². The molecule has 0 aliphatic carbocycles. The van der Waals surface area contributed by atoms with Crippen molar-refractivity contribution < 1.29 is 9.53 Å². The number of ether oxygens (including phenoxy) is 1. The predicted octanol–water partition coefficient (Wildman–Crippen LogP) is 0.946. The van der Waals surface area contributed by atoms with E-state index in [1.54, 1.807) is 12.4 Å². The van der Waals surface area contributed by atoms with Gasteiger partial charge in [-0.15, -0.1) is 24.8 Å². The van der Waals surface area contributed by atoms with Gasteiger partial charge >= 0.3 is 0 Å². The lowest BCUT2D eigenvalue weighted by Gasteiger charge is -2.17. The summed E-state index contributed by atoms with van der Waals surface area (Å²) in [5.74, 6) is -0.187. The quantitative estimate of drug-likeness (QED) is 0.820. The van der Waals surface area contributed by atoms with Gasteiger partial charge in [0.25, 0.3) is 0 Å². The molecule has 1 amide bonds. The number of rotatable bonds is 6. The van der Waals surface area contributed by atoms with E-state index in [9.17, 15) is 4.79 Å². The highest BCUT2D eigenvalue weighted by Gasteiger charge is 2.15. The van der Waals surface area contributed by atoms with Gasteiger partial charge in [0, 0.05) is 25.5 Å². The van der Waals surface area contributed by atoms with Crippen molar-refractivity contribution in [2.75, 3.05) is 13.7 Å². The highest BCUT2D eigenvalue weighted by Crippen LogP contribution is 2.01. The number of carbonyl (C=O) groups excluding carboxylic acids is 1. The third-order valence-electron chi connectivity index (χ3n) is 2.36. The molecule has 1 heterocycles. The molecule has 1 rings (SSSR count). The molecule has 0 bridgehead atoms. The van der Waals surface area contributed by atoms with Gasteiger partial charge in [-0.2, -0.15) is 0 Å². The Bertz CT molecular complexity index is 352. The second-order valence-electron chi connectivity index (χ2n) is 4.03. The lowest BCUT2D eigenvalue weighted by atomic mass is 10.1. The fourth-order valence-corrected chi connectivity index (χ4v) is 1.53. The van der Waals surface area contributed by atoms with Crippen molar-refractivity contribution in [3.8, 4) is 0 Å². The number of hydrogen-bond acceptors (Lipinski definition) is 4. The summed E-state index contributed by atoms with van der Waals surface area (Å²) >= 11 is 0. The van der Waals surface area contributed by atoms with E-state index in [1.165, 1.54) is 7.11 Å². The summed E-state index contributed by atoms with van der Waals surface area (Å²) in [6.45, 7) is 2.17. The van der Waals surface area contributed by atoms with Gasteiger partial charge in [-0.05, 0) is 31.0 Å². The molecular weight excluding hydrogens is 289 g/mol. The molecule has 1 aromatic rings. The molecular formula is C12H21Cl2N3O2. The average molecular weight is 310 g/mol. The number of halogens is 2. The molecule has 0 radical (unpaired) electrons. The van der Waals surface area contributed by atoms with Crippen molar-refractivity contribution in [2.24, 2.45) is 5.73 Å². The van der Waals surface area contributed by atoms with E-state index in [0.717, 1.165) is 12.0 Å². The van der Waals surface area contributed by atoms with E-state index in [-0.39, 0.29) is 43.4 Å². The summed E-state index contributed by atoms with van der Waals surface area (Å²) in [6, 6.07) is 3.28. The van der Waals surface area contributed by atoms with Crippen LogP contribution in [0.3, 0.4) is 0 Å². The SMILES string of the molecule is COCC(N)C(=O)NC(C)Cc1ccncc1.Cl.Cl. The number of carbonyl (C=O) groups is 1. The van der Waals surface area contributed by atoms with Crippen LogP contribution in [0.5, 0.6) is 0 Å². The fourth-order valence-electron chi connectivity index (χ4n) is 1.53. The number of aromatic nitrogens is 1. The van der Waals surface area contributed by atoms with Crippen molar-refractivity contribution in [1.82, 2.24) is 10.3 Å². The Morgan fingerprint density at radius 3 is 2.53 bits per heavy atom. The van der Waals surface area contributed by atoms with Crippen molar-refractivity contribution in [3.05, 3.63) is 30.1 Å². The summed E-state index contributed by atoms with van der Waals surface area (Å²) in [5, 5.41) is 2.85. The van der Waals surface area contributed by atoms with E-state index < -0.39 is 6.04 Å². The Kier molecular flexibility index (Phi) is 11.8. The van der Waals surface area contributed by atoms with Crippen LogP contribution in [0.2, 0.25) is 0 Å². The van der Waals surface area contributed by atoms with Crippen molar-refractivity contribution in [2.45, 2.75) is 25.4 Å². The summed E-state index contributed by atoms with van der Waals surface area (Å²) in [7, 11) is 1.52. The van der Waals surface area contributed by atoms with Gasteiger partial charge in [0.05, 0.1) is 6.61 Å². The molecule has 0 aromatic carbocycles. The van der Waals surface area contributed by atoms with Crippen molar-refractivity contribution in [3.63, 3.8) is 0 Å². The summed E-state index contributed by atoms with van der Waals surface area (Å²) < 4.78 is 4.83. The molecule has 0 saturated carbocycles. The van der Waals surface area contributed by atoms with Gasteiger partial charge in [-0.3, -0.25) is 9.78 Å². The molecule has 19 heavy (non-hydrogen) atoms. The Morgan fingerprint density at radius 1 is 1.42 bits per heavy atom. The molecule has 1 aromatic heterocycles. The van der Waals surface area contributed by atoms with E-state index in [0.29, 0.717) is 0 Å². The molecule has 0 saturated heterocycles. The standard InChI is InChI=1S/C12H19N3O2.2ClH/c1-9(7-10-3-5-14-6-4-10)15-12(16)11(13)8-17-2;;/h3-6,9,11H,7-8,13H2,1-2H3,(H,15,16);2*1H. The zero-order valence-corrected chi connectivity index (χ0v) is 12.7. The minimum absolute atomic E-state index is 0. The van der Waals surface area contributed by atoms with Crippen molar-refractivity contribution >= 4 is 30.7 Å². The first kappa shape index (κ1) is 20.4. The van der Waals surface area contributed by atoms with Gasteiger partial charge in [-0.25, -0.2) is 0 Å². The second-order valence-corrected chi connectivity index (χ2v) is 4.03. The molecule has 110 valence electrons. The van der Waals surface area contributed by atoms with Crippen LogP contribution in [-0.4, -0.2) is 36.7 Å². The van der Waals surface area contributed by atoms with Gasteiger partial charge in [0.1, 0.15) is 6.04 Å². The van der Waals surface area contributed by atoms with Gasteiger partial charge in [0.15, 0.2) is 0 Å². The van der Waals surface area contributed by atoms with Crippen LogP contribution in [0.25, 0.3) is 0 Å². The fraction of sp³-hybridized carbons (Fsp3) is 0.500. The number of pyridine rings is 1. The lowest BCUT2D eigenvalue weighted by molar-refractivity contribution is -0.124. The minimum atomic E-state index is -0.611. The molecule has 0 spiro atoms. The Labute approximate surface area is 126 Å². The number of hydrogen-bond donors (Lipinski definition) is 2. The average Bonchev–Trinajstić information content (AvgIpc) is 2.30. The molecule has 0 aliphatic heterocycles. The Balaban J connectivity index is 0. The number of nitrogens with two attached hydrogens (primary N) is 1. The maximum atomic E-state index is 11.6. The van der Waals surface area contributed by atoms with E-state index in [1.807, 2.05) is 19.1 Å². The molecule has 0 fully saturated rings. The monoisotopic (exact) mass is 309 g/mol. The van der Waals surface area contributed by atoms with E-state index >= 15 is 0 Å². The number of nitrogens with one attached hydrogen (secondary N) is 1. The lowest BCUT2D eigenvalue weighted by Crippen LogP contribution is -2.47.